The maximum atomic E-state index is 2.50. The Morgan fingerprint density at radius 2 is 1.29 bits per heavy atom. The monoisotopic (exact) mass is 228 g/mol. The van der Waals surface area contributed by atoms with Crippen LogP contribution in [0.2, 0.25) is 31.4 Å². The van der Waals surface area contributed by atoms with Crippen LogP contribution >= 0.6 is 0 Å². The van der Waals surface area contributed by atoms with Crippen LogP contribution in [-0.4, -0.2) is 17.6 Å². The van der Waals surface area contributed by atoms with Crippen molar-refractivity contribution >= 4 is 17.6 Å². The summed E-state index contributed by atoms with van der Waals surface area (Å²) >= 11 is 0. The van der Waals surface area contributed by atoms with Gasteiger partial charge in [0.25, 0.3) is 0 Å². The van der Waals surface area contributed by atoms with E-state index >= 15 is 0 Å². The van der Waals surface area contributed by atoms with Crippen LogP contribution in [0.3, 0.4) is 0 Å². The van der Waals surface area contributed by atoms with Gasteiger partial charge in [0.15, 0.2) is 0 Å². The van der Waals surface area contributed by atoms with E-state index in [-0.39, 0.29) is 17.6 Å². The summed E-state index contributed by atoms with van der Waals surface area (Å²) < 4.78 is 0. The van der Waals surface area contributed by atoms with E-state index in [2.05, 4.69) is 33.1 Å². The van der Waals surface area contributed by atoms with Crippen LogP contribution in [0.5, 0.6) is 0 Å². The second kappa shape index (κ2) is 8.72. The lowest BCUT2D eigenvalue weighted by Crippen LogP contribution is -2.24. The van der Waals surface area contributed by atoms with Crippen LogP contribution < -0.4 is 0 Å². The van der Waals surface area contributed by atoms with Crippen molar-refractivity contribution in [2.24, 2.45) is 0 Å². The highest BCUT2D eigenvalue weighted by Gasteiger charge is 2.18. The van der Waals surface area contributed by atoms with E-state index in [1.54, 1.807) is 0 Å². The molecule has 2 radical (unpaired) electrons. The molecule has 0 amide bonds. The molecule has 14 heavy (non-hydrogen) atoms. The van der Waals surface area contributed by atoms with E-state index in [9.17, 15) is 0 Å². The molecule has 0 aromatic heterocycles. The van der Waals surface area contributed by atoms with Crippen molar-refractivity contribution in [2.75, 3.05) is 0 Å². The Bertz CT molecular complexity index is 113. The van der Waals surface area contributed by atoms with Crippen LogP contribution in [0.1, 0.15) is 45.4 Å². The van der Waals surface area contributed by atoms with Crippen molar-refractivity contribution in [1.82, 2.24) is 0 Å². The van der Waals surface area contributed by atoms with Crippen molar-refractivity contribution < 1.29 is 0 Å². The lowest BCUT2D eigenvalue weighted by Gasteiger charge is -2.22. The fourth-order valence-corrected chi connectivity index (χ4v) is 8.29. The second-order valence-electron chi connectivity index (χ2n) is 4.91. The maximum Gasteiger partial charge on any atom is 0.0415 e. The molecular weight excluding hydrogens is 200 g/mol. The number of hydrogen-bond acceptors (Lipinski definition) is 0. The van der Waals surface area contributed by atoms with Gasteiger partial charge in [0, 0.05) is 17.6 Å². The molecule has 0 N–H and O–H groups in total. The van der Waals surface area contributed by atoms with Gasteiger partial charge >= 0.3 is 0 Å². The summed E-state index contributed by atoms with van der Waals surface area (Å²) in [5.41, 5.74) is 0. The molecule has 0 bridgehead atoms. The molecule has 0 spiro atoms. The largest absolute Gasteiger partial charge is 0.0713 e. The molecule has 0 aliphatic heterocycles. The molecule has 0 aromatic carbocycles. The third-order valence-electron chi connectivity index (χ3n) is 2.99. The van der Waals surface area contributed by atoms with E-state index in [1.165, 1.54) is 38.5 Å². The Labute approximate surface area is 94.7 Å². The van der Waals surface area contributed by atoms with Crippen LogP contribution in [0.4, 0.5) is 0 Å². The molecule has 0 unspecified atom stereocenters. The molecule has 0 heterocycles. The molecule has 0 nitrogen and oxygen atoms in total. The third kappa shape index (κ3) is 6.82. The average molecular weight is 229 g/mol. The minimum absolute atomic E-state index is 0.0197. The summed E-state index contributed by atoms with van der Waals surface area (Å²) in [7, 11) is -0.0395. The van der Waals surface area contributed by atoms with Crippen molar-refractivity contribution in [3.8, 4) is 0 Å². The summed E-state index contributed by atoms with van der Waals surface area (Å²) in [6, 6.07) is 0. The van der Waals surface area contributed by atoms with Gasteiger partial charge in [-0.05, 0) is 0 Å². The molecule has 0 aromatic rings. The first-order chi connectivity index (χ1) is 6.59. The minimum Gasteiger partial charge on any atom is -0.0713 e. The first kappa shape index (κ1) is 14.4. The summed E-state index contributed by atoms with van der Waals surface area (Å²) in [5, 5.41) is 1.15. The highest BCUT2D eigenvalue weighted by molar-refractivity contribution is 6.77. The van der Waals surface area contributed by atoms with E-state index in [1.807, 2.05) is 0 Å². The smallest absolute Gasteiger partial charge is 0.0415 e. The molecule has 84 valence electrons. The van der Waals surface area contributed by atoms with Crippen LogP contribution in [0.15, 0.2) is 0 Å². The predicted molar refractivity (Wildman–Crippen MR) is 72.1 cm³/mol. The van der Waals surface area contributed by atoms with Crippen LogP contribution in [-0.2, 0) is 0 Å². The minimum atomic E-state index is -0.0197. The quantitative estimate of drug-likeness (QED) is 0.415. The van der Waals surface area contributed by atoms with Gasteiger partial charge in [0.2, 0.25) is 0 Å². The lowest BCUT2D eigenvalue weighted by molar-refractivity contribution is 0.615. The van der Waals surface area contributed by atoms with Crippen molar-refractivity contribution in [2.45, 2.75) is 76.8 Å². The highest BCUT2D eigenvalue weighted by atomic mass is 28.3. The Balaban J connectivity index is 3.52. The molecular formula is C12H28Si2. The van der Waals surface area contributed by atoms with Crippen molar-refractivity contribution in [3.63, 3.8) is 0 Å². The number of rotatable bonds is 8. The molecule has 0 rings (SSSR count). The van der Waals surface area contributed by atoms with Gasteiger partial charge in [0.1, 0.15) is 0 Å². The molecule has 2 heteroatoms. The van der Waals surface area contributed by atoms with Gasteiger partial charge in [0.05, 0.1) is 0 Å². The zero-order valence-corrected chi connectivity index (χ0v) is 12.8. The van der Waals surface area contributed by atoms with Gasteiger partial charge in [-0.3, -0.25) is 0 Å². The van der Waals surface area contributed by atoms with E-state index in [0.717, 1.165) is 5.16 Å². The number of hydrogen-bond donors (Lipinski definition) is 0. The zero-order chi connectivity index (χ0) is 11.0. The molecule has 0 fully saturated rings. The van der Waals surface area contributed by atoms with Crippen LogP contribution in [0, 0.1) is 0 Å². The van der Waals surface area contributed by atoms with Gasteiger partial charge < -0.3 is 0 Å². The summed E-state index contributed by atoms with van der Waals surface area (Å²) in [4.78, 5) is 0. The van der Waals surface area contributed by atoms with Gasteiger partial charge in [-0.2, -0.15) is 0 Å². The Hall–Kier alpha value is 0.434. The van der Waals surface area contributed by atoms with Crippen molar-refractivity contribution in [1.29, 1.82) is 0 Å². The van der Waals surface area contributed by atoms with Crippen molar-refractivity contribution in [3.05, 3.63) is 0 Å². The van der Waals surface area contributed by atoms with E-state index < -0.39 is 0 Å². The van der Waals surface area contributed by atoms with Crippen LogP contribution in [0.25, 0.3) is 0 Å². The van der Waals surface area contributed by atoms with Gasteiger partial charge in [-0.15, -0.1) is 0 Å². The Kier molecular flexibility index (Phi) is 8.99. The standard InChI is InChI=1S/C12H28Si2/c1-6-7-8-9-10-11-12(13(2)3)14(4)5/h12H,6-11H2,1-5H3. The fourth-order valence-electron chi connectivity index (χ4n) is 2.11. The molecule has 0 aliphatic rings. The molecule has 0 aliphatic carbocycles. The molecule has 0 saturated carbocycles. The predicted octanol–water partition coefficient (Wildman–Crippen LogP) is 4.77. The maximum absolute atomic E-state index is 2.50. The SMILES string of the molecule is CCCCCCCC([Si](C)C)[Si](C)C. The summed E-state index contributed by atoms with van der Waals surface area (Å²) in [5.74, 6) is 0. The number of unbranched alkanes of at least 4 members (excludes halogenated alkanes) is 4. The van der Waals surface area contributed by atoms with Gasteiger partial charge in [-0.1, -0.05) is 76.8 Å². The summed E-state index contributed by atoms with van der Waals surface area (Å²) in [6.07, 6.45) is 8.79. The second-order valence-corrected chi connectivity index (χ2v) is 11.2. The Morgan fingerprint density at radius 3 is 1.71 bits per heavy atom. The Morgan fingerprint density at radius 1 is 0.786 bits per heavy atom. The first-order valence-electron chi connectivity index (χ1n) is 6.19. The molecule has 0 saturated heterocycles. The van der Waals surface area contributed by atoms with E-state index in [4.69, 9.17) is 0 Å². The van der Waals surface area contributed by atoms with Gasteiger partial charge in [-0.25, -0.2) is 0 Å². The average Bonchev–Trinajstić information content (AvgIpc) is 2.09. The first-order valence-corrected chi connectivity index (χ1v) is 11.3. The normalized spacial score (nSPS) is 12.0. The molecule has 0 atom stereocenters. The zero-order valence-electron chi connectivity index (χ0n) is 10.8. The fraction of sp³-hybridized carbons (Fsp3) is 1.00. The topological polar surface area (TPSA) is 0 Å². The lowest BCUT2D eigenvalue weighted by atomic mass is 10.1. The van der Waals surface area contributed by atoms with E-state index in [0.29, 0.717) is 0 Å². The third-order valence-corrected chi connectivity index (χ3v) is 9.82. The highest BCUT2D eigenvalue weighted by Crippen LogP contribution is 2.23. The summed E-state index contributed by atoms with van der Waals surface area (Å²) in [6.45, 7) is 12.3.